The fraction of sp³-hybridized carbons (Fsp3) is 0. The first-order chi connectivity index (χ1) is 9.38. The number of hydrogen-bond donors (Lipinski definition) is 2. The minimum atomic E-state index is -1.32. The average Bonchev–Trinajstić information content (AvgIpc) is 2.35. The van der Waals surface area contributed by atoms with Crippen molar-refractivity contribution in [2.24, 2.45) is 0 Å². The second-order valence-electron chi connectivity index (χ2n) is 3.72. The number of hydrogen-bond acceptors (Lipinski definition) is 3. The minimum Gasteiger partial charge on any atom is -0.478 e. The van der Waals surface area contributed by atoms with E-state index < -0.39 is 29.1 Å². The van der Waals surface area contributed by atoms with Crippen LogP contribution < -0.4 is 5.32 Å². The third-order valence-corrected chi connectivity index (χ3v) is 2.65. The molecule has 0 saturated carbocycles. The van der Waals surface area contributed by atoms with E-state index in [1.165, 1.54) is 0 Å². The molecule has 0 atom stereocenters. The summed E-state index contributed by atoms with van der Waals surface area (Å²) in [5.74, 6) is -4.87. The molecule has 0 aliphatic rings. The summed E-state index contributed by atoms with van der Waals surface area (Å²) in [5.41, 5.74) is -0.926. The van der Waals surface area contributed by atoms with Gasteiger partial charge in [-0.1, -0.05) is 11.6 Å². The first-order valence-corrected chi connectivity index (χ1v) is 5.56. The average molecular weight is 303 g/mol. The van der Waals surface area contributed by atoms with Crippen LogP contribution in [0.4, 0.5) is 24.7 Å². The summed E-state index contributed by atoms with van der Waals surface area (Å²) < 4.78 is 39.6. The summed E-state index contributed by atoms with van der Waals surface area (Å²) in [6.45, 7) is 0. The number of pyridine rings is 1. The molecule has 2 aromatic rings. The molecule has 1 aromatic carbocycles. The Kier molecular flexibility index (Phi) is 3.80. The first-order valence-electron chi connectivity index (χ1n) is 5.19. The summed E-state index contributed by atoms with van der Waals surface area (Å²) in [4.78, 5) is 14.6. The molecule has 0 bridgehead atoms. The van der Waals surface area contributed by atoms with E-state index >= 15 is 0 Å². The van der Waals surface area contributed by atoms with Crippen molar-refractivity contribution in [1.29, 1.82) is 0 Å². The van der Waals surface area contributed by atoms with E-state index in [2.05, 4.69) is 10.3 Å². The zero-order valence-corrected chi connectivity index (χ0v) is 10.4. The molecule has 0 saturated heterocycles. The van der Waals surface area contributed by atoms with Gasteiger partial charge >= 0.3 is 5.97 Å². The Labute approximate surface area is 115 Å². The van der Waals surface area contributed by atoms with Gasteiger partial charge in [-0.25, -0.2) is 22.9 Å². The summed E-state index contributed by atoms with van der Waals surface area (Å²) in [7, 11) is 0. The Hall–Kier alpha value is -2.28. The van der Waals surface area contributed by atoms with Crippen molar-refractivity contribution in [2.75, 3.05) is 5.32 Å². The number of benzene rings is 1. The SMILES string of the molecule is O=C(O)c1cc(Nc2c(F)cc(F)cc2F)ncc1Cl. The second kappa shape index (κ2) is 5.38. The van der Waals surface area contributed by atoms with E-state index in [1.54, 1.807) is 0 Å². The van der Waals surface area contributed by atoms with Gasteiger partial charge in [-0.3, -0.25) is 0 Å². The molecule has 0 aliphatic carbocycles. The Balaban J connectivity index is 2.41. The molecule has 0 spiro atoms. The quantitative estimate of drug-likeness (QED) is 0.909. The summed E-state index contributed by atoms with van der Waals surface area (Å²) in [6, 6.07) is 1.98. The van der Waals surface area contributed by atoms with E-state index in [9.17, 15) is 18.0 Å². The van der Waals surface area contributed by atoms with Gasteiger partial charge in [0, 0.05) is 18.3 Å². The number of rotatable bonds is 3. The lowest BCUT2D eigenvalue weighted by molar-refractivity contribution is 0.0697. The van der Waals surface area contributed by atoms with Crippen LogP contribution in [0.15, 0.2) is 24.4 Å². The van der Waals surface area contributed by atoms with Crippen LogP contribution in [0.5, 0.6) is 0 Å². The highest BCUT2D eigenvalue weighted by Crippen LogP contribution is 2.25. The van der Waals surface area contributed by atoms with Crippen molar-refractivity contribution in [3.05, 3.63) is 52.4 Å². The highest BCUT2D eigenvalue weighted by Gasteiger charge is 2.15. The molecule has 20 heavy (non-hydrogen) atoms. The summed E-state index contributed by atoms with van der Waals surface area (Å²) in [5, 5.41) is 11.0. The molecular formula is C12H6ClF3N2O2. The maximum atomic E-state index is 13.4. The fourth-order valence-electron chi connectivity index (χ4n) is 1.46. The smallest absolute Gasteiger partial charge is 0.337 e. The lowest BCUT2D eigenvalue weighted by Crippen LogP contribution is -2.04. The number of nitrogens with zero attached hydrogens (tertiary/aromatic N) is 1. The minimum absolute atomic E-state index is 0.122. The number of halogens is 4. The number of aromatic nitrogens is 1. The van der Waals surface area contributed by atoms with Gasteiger partial charge in [0.1, 0.15) is 17.3 Å². The standard InChI is InChI=1S/C12H6ClF3N2O2/c13-7-4-17-10(3-6(7)12(19)20)18-11-8(15)1-5(14)2-9(11)16/h1-4H,(H,17,18)(H,19,20). The van der Waals surface area contributed by atoms with Gasteiger partial charge in [0.25, 0.3) is 0 Å². The lowest BCUT2D eigenvalue weighted by Gasteiger charge is -2.09. The van der Waals surface area contributed by atoms with Crippen LogP contribution in [0.3, 0.4) is 0 Å². The van der Waals surface area contributed by atoms with E-state index in [-0.39, 0.29) is 16.4 Å². The fourth-order valence-corrected chi connectivity index (χ4v) is 1.64. The van der Waals surface area contributed by atoms with Crippen molar-refractivity contribution in [1.82, 2.24) is 4.98 Å². The van der Waals surface area contributed by atoms with E-state index in [4.69, 9.17) is 16.7 Å². The molecule has 2 N–H and O–H groups in total. The topological polar surface area (TPSA) is 62.2 Å². The van der Waals surface area contributed by atoms with Crippen LogP contribution in [-0.4, -0.2) is 16.1 Å². The van der Waals surface area contributed by atoms with E-state index in [0.717, 1.165) is 12.3 Å². The van der Waals surface area contributed by atoms with Crippen LogP contribution in [0.1, 0.15) is 10.4 Å². The zero-order chi connectivity index (χ0) is 14.9. The molecule has 0 unspecified atom stereocenters. The number of carbonyl (C=O) groups is 1. The third kappa shape index (κ3) is 2.83. The van der Waals surface area contributed by atoms with Crippen molar-refractivity contribution >= 4 is 29.1 Å². The van der Waals surface area contributed by atoms with Gasteiger partial charge in [-0.05, 0) is 6.07 Å². The Morgan fingerprint density at radius 2 is 1.80 bits per heavy atom. The third-order valence-electron chi connectivity index (χ3n) is 2.35. The number of anilines is 2. The number of carboxylic acids is 1. The molecule has 1 aromatic heterocycles. The van der Waals surface area contributed by atoms with Gasteiger partial charge < -0.3 is 10.4 Å². The Morgan fingerprint density at radius 3 is 2.35 bits per heavy atom. The zero-order valence-electron chi connectivity index (χ0n) is 9.62. The van der Waals surface area contributed by atoms with Crippen molar-refractivity contribution in [2.45, 2.75) is 0 Å². The molecule has 2 rings (SSSR count). The molecule has 0 radical (unpaired) electrons. The molecule has 104 valence electrons. The number of aromatic carboxylic acids is 1. The van der Waals surface area contributed by atoms with Crippen LogP contribution in [0, 0.1) is 17.5 Å². The maximum Gasteiger partial charge on any atom is 0.337 e. The second-order valence-corrected chi connectivity index (χ2v) is 4.13. The predicted molar refractivity (Wildman–Crippen MR) is 65.8 cm³/mol. The van der Waals surface area contributed by atoms with Gasteiger partial charge in [0.15, 0.2) is 11.6 Å². The summed E-state index contributed by atoms with van der Waals surface area (Å²) in [6.07, 6.45) is 1.02. The van der Waals surface area contributed by atoms with Gasteiger partial charge in [-0.2, -0.15) is 0 Å². The lowest BCUT2D eigenvalue weighted by atomic mass is 10.2. The predicted octanol–water partition coefficient (Wildman–Crippen LogP) is 3.59. The van der Waals surface area contributed by atoms with Gasteiger partial charge in [0.05, 0.1) is 10.6 Å². The molecule has 0 aliphatic heterocycles. The first kappa shape index (κ1) is 14.1. The van der Waals surface area contributed by atoms with E-state index in [1.807, 2.05) is 0 Å². The largest absolute Gasteiger partial charge is 0.478 e. The summed E-state index contributed by atoms with van der Waals surface area (Å²) >= 11 is 5.61. The molecule has 0 amide bonds. The molecule has 4 nitrogen and oxygen atoms in total. The number of carboxylic acid groups (broad SMARTS) is 1. The van der Waals surface area contributed by atoms with Crippen LogP contribution in [0.2, 0.25) is 5.02 Å². The van der Waals surface area contributed by atoms with Crippen LogP contribution >= 0.6 is 11.6 Å². The van der Waals surface area contributed by atoms with Crippen molar-refractivity contribution < 1.29 is 23.1 Å². The highest BCUT2D eigenvalue weighted by atomic mass is 35.5. The molecular weight excluding hydrogens is 297 g/mol. The van der Waals surface area contributed by atoms with Crippen LogP contribution in [-0.2, 0) is 0 Å². The van der Waals surface area contributed by atoms with E-state index in [0.29, 0.717) is 12.1 Å². The van der Waals surface area contributed by atoms with Crippen molar-refractivity contribution in [3.8, 4) is 0 Å². The Morgan fingerprint density at radius 1 is 1.20 bits per heavy atom. The van der Waals surface area contributed by atoms with Crippen molar-refractivity contribution in [3.63, 3.8) is 0 Å². The van der Waals surface area contributed by atoms with Gasteiger partial charge in [-0.15, -0.1) is 0 Å². The highest BCUT2D eigenvalue weighted by molar-refractivity contribution is 6.33. The monoisotopic (exact) mass is 302 g/mol. The molecule has 8 heteroatoms. The normalized spacial score (nSPS) is 10.4. The van der Waals surface area contributed by atoms with Crippen LogP contribution in [0.25, 0.3) is 0 Å². The van der Waals surface area contributed by atoms with Gasteiger partial charge in [0.2, 0.25) is 0 Å². The Bertz CT molecular complexity index is 671. The maximum absolute atomic E-state index is 13.4. The number of nitrogens with one attached hydrogen (secondary N) is 1. The molecule has 1 heterocycles. The molecule has 0 fully saturated rings.